The van der Waals surface area contributed by atoms with Gasteiger partial charge in [0.15, 0.2) is 0 Å². The minimum absolute atomic E-state index is 0.270. The predicted molar refractivity (Wildman–Crippen MR) is 47.2 cm³/mol. The second-order valence-corrected chi connectivity index (χ2v) is 2.59. The molecule has 2 heteroatoms. The highest BCUT2D eigenvalue weighted by Crippen LogP contribution is 2.18. The average molecular weight is 166 g/mol. The first-order valence-electron chi connectivity index (χ1n) is 3.64. The van der Waals surface area contributed by atoms with Crippen molar-refractivity contribution in [2.75, 3.05) is 7.11 Å². The number of hydrogen-bond acceptors (Lipinski definition) is 1. The van der Waals surface area contributed by atoms with Crippen molar-refractivity contribution in [3.63, 3.8) is 0 Å². The van der Waals surface area contributed by atoms with Gasteiger partial charge in [-0.3, -0.25) is 0 Å². The predicted octanol–water partition coefficient (Wildman–Crippen LogP) is 2.75. The van der Waals surface area contributed by atoms with E-state index in [2.05, 4.69) is 6.58 Å². The maximum absolute atomic E-state index is 12.7. The number of halogens is 1. The summed E-state index contributed by atoms with van der Waals surface area (Å²) in [4.78, 5) is 0. The zero-order chi connectivity index (χ0) is 9.14. The summed E-state index contributed by atoms with van der Waals surface area (Å²) < 4.78 is 17.7. The molecule has 64 valence electrons. The van der Waals surface area contributed by atoms with Crippen LogP contribution in [0.4, 0.5) is 4.39 Å². The van der Waals surface area contributed by atoms with Crippen LogP contribution in [0.15, 0.2) is 24.8 Å². The summed E-state index contributed by atoms with van der Waals surface area (Å²) in [5.41, 5.74) is 1.68. The molecule has 0 N–H and O–H groups in total. The van der Waals surface area contributed by atoms with Crippen LogP contribution in [0, 0.1) is 12.7 Å². The molecule has 0 atom stereocenters. The summed E-state index contributed by atoms with van der Waals surface area (Å²) in [5.74, 6) is 0.223. The lowest BCUT2D eigenvalue weighted by Crippen LogP contribution is -1.90. The van der Waals surface area contributed by atoms with Crippen LogP contribution < -0.4 is 0 Å². The Morgan fingerprint density at radius 1 is 1.50 bits per heavy atom. The lowest BCUT2D eigenvalue weighted by Gasteiger charge is -2.07. The van der Waals surface area contributed by atoms with Gasteiger partial charge in [0, 0.05) is 5.56 Å². The fourth-order valence-electron chi connectivity index (χ4n) is 1.00. The number of hydrogen-bond donors (Lipinski definition) is 0. The molecule has 0 fully saturated rings. The van der Waals surface area contributed by atoms with Crippen LogP contribution >= 0.6 is 0 Å². The number of benzene rings is 1. The van der Waals surface area contributed by atoms with Gasteiger partial charge in [0.25, 0.3) is 0 Å². The van der Waals surface area contributed by atoms with E-state index < -0.39 is 0 Å². The monoisotopic (exact) mass is 166 g/mol. The number of rotatable bonds is 2. The SMILES string of the molecule is C=C(OC)c1cc(F)ccc1C. The van der Waals surface area contributed by atoms with Gasteiger partial charge in [-0.25, -0.2) is 4.39 Å². The van der Waals surface area contributed by atoms with E-state index in [0.29, 0.717) is 5.76 Å². The van der Waals surface area contributed by atoms with Crippen molar-refractivity contribution >= 4 is 5.76 Å². The van der Waals surface area contributed by atoms with Crippen molar-refractivity contribution in [1.82, 2.24) is 0 Å². The Morgan fingerprint density at radius 2 is 2.17 bits per heavy atom. The zero-order valence-electron chi connectivity index (χ0n) is 7.23. The summed E-state index contributed by atoms with van der Waals surface area (Å²) in [6, 6.07) is 4.54. The lowest BCUT2D eigenvalue weighted by atomic mass is 10.1. The summed E-state index contributed by atoms with van der Waals surface area (Å²) in [6.45, 7) is 5.54. The molecule has 0 radical (unpaired) electrons. The summed E-state index contributed by atoms with van der Waals surface area (Å²) in [6.07, 6.45) is 0. The molecule has 0 bridgehead atoms. The minimum Gasteiger partial charge on any atom is -0.497 e. The molecule has 0 aromatic heterocycles. The largest absolute Gasteiger partial charge is 0.497 e. The second-order valence-electron chi connectivity index (χ2n) is 2.59. The van der Waals surface area contributed by atoms with Gasteiger partial charge < -0.3 is 4.74 Å². The van der Waals surface area contributed by atoms with Crippen molar-refractivity contribution < 1.29 is 9.13 Å². The molecule has 0 aliphatic rings. The molecule has 1 aromatic carbocycles. The summed E-state index contributed by atoms with van der Waals surface area (Å²) in [7, 11) is 1.52. The normalized spacial score (nSPS) is 9.58. The molecule has 0 amide bonds. The average Bonchev–Trinajstić information content (AvgIpc) is 2.08. The van der Waals surface area contributed by atoms with E-state index >= 15 is 0 Å². The van der Waals surface area contributed by atoms with E-state index in [1.807, 2.05) is 6.92 Å². The topological polar surface area (TPSA) is 9.23 Å². The van der Waals surface area contributed by atoms with Gasteiger partial charge in [0.1, 0.15) is 11.6 Å². The Labute approximate surface area is 71.5 Å². The fraction of sp³-hybridized carbons (Fsp3) is 0.200. The molecule has 0 unspecified atom stereocenters. The standard InChI is InChI=1S/C10H11FO/c1-7-4-5-9(11)6-10(7)8(2)12-3/h4-6H,2H2,1,3H3. The van der Waals surface area contributed by atoms with Crippen LogP contribution in [0.1, 0.15) is 11.1 Å². The molecule has 0 saturated carbocycles. The van der Waals surface area contributed by atoms with Gasteiger partial charge in [-0.2, -0.15) is 0 Å². The van der Waals surface area contributed by atoms with Gasteiger partial charge in [0.05, 0.1) is 7.11 Å². The van der Waals surface area contributed by atoms with Gasteiger partial charge in [-0.05, 0) is 24.6 Å². The van der Waals surface area contributed by atoms with Crippen molar-refractivity contribution in [2.24, 2.45) is 0 Å². The fourth-order valence-corrected chi connectivity index (χ4v) is 1.00. The Hall–Kier alpha value is -1.31. The third-order valence-electron chi connectivity index (χ3n) is 1.75. The van der Waals surface area contributed by atoms with Gasteiger partial charge in [-0.15, -0.1) is 0 Å². The Morgan fingerprint density at radius 3 is 2.75 bits per heavy atom. The van der Waals surface area contributed by atoms with E-state index in [1.54, 1.807) is 6.07 Å². The van der Waals surface area contributed by atoms with Crippen LogP contribution in [0.25, 0.3) is 5.76 Å². The molecule has 1 rings (SSSR count). The van der Waals surface area contributed by atoms with Crippen LogP contribution in [-0.2, 0) is 4.74 Å². The molecule has 0 heterocycles. The molecule has 1 nitrogen and oxygen atoms in total. The first kappa shape index (κ1) is 8.78. The van der Waals surface area contributed by atoms with E-state index in [4.69, 9.17) is 4.74 Å². The third-order valence-corrected chi connectivity index (χ3v) is 1.75. The zero-order valence-corrected chi connectivity index (χ0v) is 7.23. The maximum Gasteiger partial charge on any atom is 0.123 e. The van der Waals surface area contributed by atoms with Crippen LogP contribution in [-0.4, -0.2) is 7.11 Å². The molecule has 0 aliphatic heterocycles. The van der Waals surface area contributed by atoms with E-state index in [0.717, 1.165) is 11.1 Å². The molecular formula is C10H11FO. The first-order chi connectivity index (χ1) is 5.65. The van der Waals surface area contributed by atoms with E-state index in [1.165, 1.54) is 19.2 Å². The quantitative estimate of drug-likeness (QED) is 0.614. The highest BCUT2D eigenvalue weighted by atomic mass is 19.1. The Kier molecular flexibility index (Phi) is 2.48. The number of aryl methyl sites for hydroxylation is 1. The first-order valence-corrected chi connectivity index (χ1v) is 3.64. The molecule has 0 saturated heterocycles. The minimum atomic E-state index is -0.270. The van der Waals surface area contributed by atoms with Crippen LogP contribution in [0.3, 0.4) is 0 Å². The second kappa shape index (κ2) is 3.39. The summed E-state index contributed by atoms with van der Waals surface area (Å²) >= 11 is 0. The molecule has 0 aliphatic carbocycles. The van der Waals surface area contributed by atoms with Gasteiger partial charge in [-0.1, -0.05) is 12.6 Å². The van der Waals surface area contributed by atoms with Crippen molar-refractivity contribution in [1.29, 1.82) is 0 Å². The van der Waals surface area contributed by atoms with Crippen molar-refractivity contribution in [3.05, 3.63) is 41.7 Å². The van der Waals surface area contributed by atoms with Crippen LogP contribution in [0.5, 0.6) is 0 Å². The van der Waals surface area contributed by atoms with Crippen molar-refractivity contribution in [3.8, 4) is 0 Å². The van der Waals surface area contributed by atoms with Crippen LogP contribution in [0.2, 0.25) is 0 Å². The van der Waals surface area contributed by atoms with Crippen molar-refractivity contribution in [2.45, 2.75) is 6.92 Å². The van der Waals surface area contributed by atoms with E-state index in [9.17, 15) is 4.39 Å². The maximum atomic E-state index is 12.7. The molecule has 1 aromatic rings. The highest BCUT2D eigenvalue weighted by Gasteiger charge is 2.03. The Balaban J connectivity index is 3.13. The highest BCUT2D eigenvalue weighted by molar-refractivity contribution is 5.60. The smallest absolute Gasteiger partial charge is 0.123 e. The Bertz CT molecular complexity index is 305. The number of methoxy groups -OCH3 is 1. The molecule has 0 spiro atoms. The molecule has 12 heavy (non-hydrogen) atoms. The third kappa shape index (κ3) is 1.64. The lowest BCUT2D eigenvalue weighted by molar-refractivity contribution is 0.371. The van der Waals surface area contributed by atoms with Gasteiger partial charge >= 0.3 is 0 Å². The van der Waals surface area contributed by atoms with E-state index in [-0.39, 0.29) is 5.82 Å². The van der Waals surface area contributed by atoms with Gasteiger partial charge in [0.2, 0.25) is 0 Å². The molecular weight excluding hydrogens is 155 g/mol. The summed E-state index contributed by atoms with van der Waals surface area (Å²) in [5, 5.41) is 0. The number of ether oxygens (including phenoxy) is 1.